The van der Waals surface area contributed by atoms with Crippen molar-refractivity contribution >= 4 is 75.6 Å². The number of carbonyl (C=O) groups excluding carboxylic acids is 2. The Morgan fingerprint density at radius 3 is 2.29 bits per heavy atom. The van der Waals surface area contributed by atoms with Gasteiger partial charge < -0.3 is 10.1 Å². The molecular weight excluding hydrogens is 485 g/mol. The van der Waals surface area contributed by atoms with E-state index in [0.717, 1.165) is 12.1 Å². The van der Waals surface area contributed by atoms with Crippen molar-refractivity contribution in [3.63, 3.8) is 0 Å². The minimum Gasteiger partial charge on any atom is -0.427 e. The van der Waals surface area contributed by atoms with E-state index in [4.69, 9.17) is 58.0 Å². The average molecular weight is 494 g/mol. The number of anilines is 1. The highest BCUT2D eigenvalue weighted by molar-refractivity contribution is 6.45. The smallest absolute Gasteiger partial charge is 0.427 e. The number of rotatable bonds is 5. The van der Waals surface area contributed by atoms with Gasteiger partial charge in [0, 0.05) is 11.9 Å². The molecule has 0 atom stereocenters. The number of hydrogen-bond acceptors (Lipinski definition) is 4. The van der Waals surface area contributed by atoms with Gasteiger partial charge in [-0.25, -0.2) is 9.78 Å². The molecule has 0 radical (unpaired) electrons. The molecule has 2 aromatic rings. The number of benzene rings is 1. The van der Waals surface area contributed by atoms with E-state index in [9.17, 15) is 18.4 Å². The molecule has 0 unspecified atom stereocenters. The number of nitrogens with one attached hydrogen (secondary N) is 2. The van der Waals surface area contributed by atoms with Crippen LogP contribution in [0.2, 0.25) is 15.2 Å². The highest BCUT2D eigenvalue weighted by atomic mass is 35.5. The Kier molecular flexibility index (Phi) is 7.52. The second-order valence-corrected chi connectivity index (χ2v) is 7.25. The predicted molar refractivity (Wildman–Crippen MR) is 103 cm³/mol. The summed E-state index contributed by atoms with van der Waals surface area (Å²) in [5, 5.41) is 3.44. The standard InChI is InChI=1S/C15H8Cl5F2N3O3/c16-8-4-6(5-9(17)10(8)28-15(21,22)13(19)20)24-14(27)25-12(26)7-2-1-3-23-11(7)18/h1-5,13H,(H2,24,25,26,27). The van der Waals surface area contributed by atoms with Gasteiger partial charge in [-0.3, -0.25) is 10.1 Å². The van der Waals surface area contributed by atoms with Crippen molar-refractivity contribution in [3.8, 4) is 5.75 Å². The molecule has 13 heteroatoms. The van der Waals surface area contributed by atoms with Crippen molar-refractivity contribution in [2.24, 2.45) is 0 Å². The van der Waals surface area contributed by atoms with Gasteiger partial charge in [0.15, 0.2) is 5.75 Å². The van der Waals surface area contributed by atoms with E-state index in [0.29, 0.717) is 0 Å². The molecule has 150 valence electrons. The summed E-state index contributed by atoms with van der Waals surface area (Å²) in [7, 11) is 0. The van der Waals surface area contributed by atoms with Gasteiger partial charge in [-0.05, 0) is 24.3 Å². The summed E-state index contributed by atoms with van der Waals surface area (Å²) >= 11 is 27.7. The third-order valence-electron chi connectivity index (χ3n) is 2.98. The van der Waals surface area contributed by atoms with E-state index < -0.39 is 28.6 Å². The van der Waals surface area contributed by atoms with E-state index >= 15 is 0 Å². The fourth-order valence-corrected chi connectivity index (χ4v) is 2.66. The lowest BCUT2D eigenvalue weighted by molar-refractivity contribution is -0.163. The number of aromatic nitrogens is 1. The van der Waals surface area contributed by atoms with Crippen LogP contribution in [-0.2, 0) is 0 Å². The Balaban J connectivity index is 2.11. The first kappa shape index (κ1) is 22.7. The maximum absolute atomic E-state index is 13.5. The van der Waals surface area contributed by atoms with Crippen LogP contribution in [-0.4, -0.2) is 27.9 Å². The second kappa shape index (κ2) is 9.28. The molecule has 0 aliphatic carbocycles. The van der Waals surface area contributed by atoms with Crippen LogP contribution in [0.15, 0.2) is 30.5 Å². The summed E-state index contributed by atoms with van der Waals surface area (Å²) in [6.45, 7) is 0. The monoisotopic (exact) mass is 491 g/mol. The summed E-state index contributed by atoms with van der Waals surface area (Å²) < 4.78 is 31.4. The molecule has 0 aliphatic rings. The maximum atomic E-state index is 13.5. The largest absolute Gasteiger partial charge is 0.428 e. The third-order valence-corrected chi connectivity index (χ3v) is 4.35. The van der Waals surface area contributed by atoms with Crippen molar-refractivity contribution in [3.05, 3.63) is 51.2 Å². The Bertz CT molecular complexity index is 891. The topological polar surface area (TPSA) is 80.3 Å². The summed E-state index contributed by atoms with van der Waals surface area (Å²) in [6.07, 6.45) is -2.59. The zero-order valence-electron chi connectivity index (χ0n) is 13.3. The van der Waals surface area contributed by atoms with Crippen LogP contribution in [0.25, 0.3) is 0 Å². The van der Waals surface area contributed by atoms with Gasteiger partial charge in [-0.15, -0.1) is 0 Å². The molecule has 0 fully saturated rings. The first-order valence-corrected chi connectivity index (χ1v) is 9.09. The van der Waals surface area contributed by atoms with Crippen LogP contribution in [0.4, 0.5) is 19.3 Å². The second-order valence-electron chi connectivity index (χ2n) is 4.98. The highest BCUT2D eigenvalue weighted by Gasteiger charge is 2.41. The van der Waals surface area contributed by atoms with Crippen LogP contribution < -0.4 is 15.4 Å². The van der Waals surface area contributed by atoms with Crippen LogP contribution in [0.5, 0.6) is 5.75 Å². The number of nitrogens with zero attached hydrogens (tertiary/aromatic N) is 1. The lowest BCUT2D eigenvalue weighted by Crippen LogP contribution is -2.34. The lowest BCUT2D eigenvalue weighted by Gasteiger charge is -2.20. The molecule has 3 amide bonds. The molecule has 1 aromatic heterocycles. The SMILES string of the molecule is O=C(NC(=O)c1cccnc1Cl)Nc1cc(Cl)c(OC(F)(F)C(Cl)Cl)c(Cl)c1. The summed E-state index contributed by atoms with van der Waals surface area (Å²) in [6, 6.07) is 3.99. The zero-order valence-corrected chi connectivity index (χ0v) is 17.1. The Morgan fingerprint density at radius 2 is 1.75 bits per heavy atom. The number of hydrogen-bond donors (Lipinski definition) is 2. The van der Waals surface area contributed by atoms with Crippen molar-refractivity contribution in [1.82, 2.24) is 10.3 Å². The fraction of sp³-hybridized carbons (Fsp3) is 0.133. The number of pyridine rings is 1. The lowest BCUT2D eigenvalue weighted by atomic mass is 10.2. The van der Waals surface area contributed by atoms with Gasteiger partial charge >= 0.3 is 12.1 Å². The molecule has 2 N–H and O–H groups in total. The third kappa shape index (κ3) is 5.71. The molecule has 0 aliphatic heterocycles. The summed E-state index contributed by atoms with van der Waals surface area (Å²) in [4.78, 5) is 25.5. The summed E-state index contributed by atoms with van der Waals surface area (Å²) in [5.74, 6) is -1.41. The van der Waals surface area contributed by atoms with Crippen molar-refractivity contribution < 1.29 is 23.1 Å². The number of urea groups is 1. The number of ether oxygens (including phenoxy) is 1. The minimum absolute atomic E-state index is 0.0125. The molecule has 1 aromatic carbocycles. The number of amides is 3. The minimum atomic E-state index is -3.96. The quantitative estimate of drug-likeness (QED) is 0.409. The van der Waals surface area contributed by atoms with E-state index in [2.05, 4.69) is 15.0 Å². The van der Waals surface area contributed by atoms with E-state index in [1.807, 2.05) is 5.32 Å². The molecule has 0 bridgehead atoms. The normalized spacial score (nSPS) is 11.3. The first-order chi connectivity index (χ1) is 13.0. The molecule has 6 nitrogen and oxygen atoms in total. The molecule has 2 rings (SSSR count). The van der Waals surface area contributed by atoms with Gasteiger partial charge in [0.1, 0.15) is 5.15 Å². The maximum Gasteiger partial charge on any atom is 0.428 e. The fourth-order valence-electron chi connectivity index (χ4n) is 1.80. The van der Waals surface area contributed by atoms with Crippen molar-refractivity contribution in [1.29, 1.82) is 0 Å². The van der Waals surface area contributed by atoms with Crippen LogP contribution in [0.1, 0.15) is 10.4 Å². The molecule has 0 spiro atoms. The molecule has 0 saturated carbocycles. The van der Waals surface area contributed by atoms with Gasteiger partial charge in [0.25, 0.3) is 5.91 Å². The van der Waals surface area contributed by atoms with Crippen LogP contribution in [0, 0.1) is 0 Å². The number of halogens is 7. The van der Waals surface area contributed by atoms with Crippen LogP contribution >= 0.6 is 58.0 Å². The molecule has 28 heavy (non-hydrogen) atoms. The molecule has 0 saturated heterocycles. The van der Waals surface area contributed by atoms with Crippen LogP contribution in [0.3, 0.4) is 0 Å². The van der Waals surface area contributed by atoms with Crippen molar-refractivity contribution in [2.75, 3.05) is 5.32 Å². The van der Waals surface area contributed by atoms with Gasteiger partial charge in [-0.1, -0.05) is 58.0 Å². The average Bonchev–Trinajstić information content (AvgIpc) is 2.58. The molecular formula is C15H8Cl5F2N3O3. The first-order valence-electron chi connectivity index (χ1n) is 7.08. The van der Waals surface area contributed by atoms with E-state index in [1.54, 1.807) is 0 Å². The van der Waals surface area contributed by atoms with Crippen molar-refractivity contribution in [2.45, 2.75) is 10.9 Å². The van der Waals surface area contributed by atoms with Gasteiger partial charge in [0.05, 0.1) is 15.6 Å². The zero-order chi connectivity index (χ0) is 21.1. The number of alkyl halides is 4. The Morgan fingerprint density at radius 1 is 1.14 bits per heavy atom. The van der Waals surface area contributed by atoms with Gasteiger partial charge in [0.2, 0.25) is 4.84 Å². The Labute approximate surface area is 182 Å². The number of imide groups is 1. The number of carbonyl (C=O) groups is 2. The predicted octanol–water partition coefficient (Wildman–Crippen LogP) is 5.78. The van der Waals surface area contributed by atoms with Gasteiger partial charge in [-0.2, -0.15) is 8.78 Å². The Hall–Kier alpha value is -1.58. The molecule has 1 heterocycles. The van der Waals surface area contributed by atoms with E-state index in [1.165, 1.54) is 18.3 Å². The summed E-state index contributed by atoms with van der Waals surface area (Å²) in [5.41, 5.74) is -0.0420. The van der Waals surface area contributed by atoms with E-state index in [-0.39, 0.29) is 26.4 Å². The highest BCUT2D eigenvalue weighted by Crippen LogP contribution is 2.40.